The van der Waals surface area contributed by atoms with E-state index in [4.69, 9.17) is 0 Å². The lowest BCUT2D eigenvalue weighted by Crippen LogP contribution is -2.12. The highest BCUT2D eigenvalue weighted by molar-refractivity contribution is 7.78. The highest BCUT2D eigenvalue weighted by atomic mass is 32.1. The molecule has 0 spiro atoms. The van der Waals surface area contributed by atoms with E-state index in [1.54, 1.807) is 24.3 Å². The molecular formula is C12H9N3O2S. The zero-order valence-electron chi connectivity index (χ0n) is 9.34. The third kappa shape index (κ3) is 2.74. The zero-order valence-corrected chi connectivity index (χ0v) is 10.2. The van der Waals surface area contributed by atoms with Gasteiger partial charge in [-0.3, -0.25) is 9.59 Å². The number of hydrogen-bond acceptors (Lipinski definition) is 4. The predicted octanol–water partition coefficient (Wildman–Crippen LogP) is 1.49. The van der Waals surface area contributed by atoms with E-state index in [-0.39, 0.29) is 17.9 Å². The standard InChI is InChI=1S/C12H9N3O2S/c16-11(13-7-18)6-5-10-14-9-4-2-1-3-8(9)12(17)15-10/h1-4H,5-6H2,(H,14,15,17). The molecule has 2 rings (SSSR count). The highest BCUT2D eigenvalue weighted by Gasteiger charge is 2.05. The van der Waals surface area contributed by atoms with Crippen LogP contribution < -0.4 is 5.56 Å². The van der Waals surface area contributed by atoms with E-state index >= 15 is 0 Å². The van der Waals surface area contributed by atoms with Crippen molar-refractivity contribution in [2.45, 2.75) is 12.8 Å². The molecule has 1 heterocycles. The van der Waals surface area contributed by atoms with Gasteiger partial charge >= 0.3 is 0 Å². The number of isothiocyanates is 1. The van der Waals surface area contributed by atoms with Crippen molar-refractivity contribution < 1.29 is 4.79 Å². The molecule has 1 N–H and O–H groups in total. The van der Waals surface area contributed by atoms with E-state index in [0.29, 0.717) is 23.1 Å². The summed E-state index contributed by atoms with van der Waals surface area (Å²) in [5.74, 6) is 0.0902. The average Bonchev–Trinajstić information content (AvgIpc) is 2.37. The number of aryl methyl sites for hydroxylation is 1. The van der Waals surface area contributed by atoms with Crippen molar-refractivity contribution in [1.29, 1.82) is 0 Å². The number of aliphatic imine (C=N–C) groups is 1. The molecule has 0 atom stereocenters. The molecule has 0 aliphatic heterocycles. The van der Waals surface area contributed by atoms with Crippen LogP contribution in [-0.4, -0.2) is 21.0 Å². The molecule has 0 radical (unpaired) electrons. The fourth-order valence-corrected chi connectivity index (χ4v) is 1.69. The zero-order chi connectivity index (χ0) is 13.0. The summed E-state index contributed by atoms with van der Waals surface area (Å²) in [6, 6.07) is 7.04. The van der Waals surface area contributed by atoms with Crippen LogP contribution in [0.2, 0.25) is 0 Å². The lowest BCUT2D eigenvalue weighted by Gasteiger charge is -2.00. The number of rotatable bonds is 3. The second-order valence-corrected chi connectivity index (χ2v) is 3.81. The lowest BCUT2D eigenvalue weighted by molar-refractivity contribution is -0.117. The summed E-state index contributed by atoms with van der Waals surface area (Å²) >= 11 is 4.33. The Morgan fingerprint density at radius 1 is 1.44 bits per heavy atom. The Labute approximate surface area is 108 Å². The molecule has 90 valence electrons. The number of carbonyl (C=O) groups is 1. The van der Waals surface area contributed by atoms with Crippen LogP contribution in [0.1, 0.15) is 12.2 Å². The molecule has 6 heteroatoms. The molecule has 5 nitrogen and oxygen atoms in total. The summed E-state index contributed by atoms with van der Waals surface area (Å²) in [5, 5.41) is 2.54. The maximum atomic E-state index is 11.7. The van der Waals surface area contributed by atoms with E-state index in [1.165, 1.54) is 0 Å². The summed E-state index contributed by atoms with van der Waals surface area (Å²) < 4.78 is 0. The molecule has 18 heavy (non-hydrogen) atoms. The van der Waals surface area contributed by atoms with Crippen LogP contribution in [0.3, 0.4) is 0 Å². The normalized spacial score (nSPS) is 10.0. The van der Waals surface area contributed by atoms with Crippen molar-refractivity contribution in [2.75, 3.05) is 0 Å². The number of aromatic nitrogens is 2. The molecule has 1 aromatic heterocycles. The smallest absolute Gasteiger partial charge is 0.258 e. The summed E-state index contributed by atoms with van der Waals surface area (Å²) in [7, 11) is 0. The molecule has 0 saturated heterocycles. The van der Waals surface area contributed by atoms with Crippen LogP contribution >= 0.6 is 12.2 Å². The van der Waals surface area contributed by atoms with Gasteiger partial charge in [0.2, 0.25) is 0 Å². The van der Waals surface area contributed by atoms with E-state index < -0.39 is 0 Å². The first-order valence-corrected chi connectivity index (χ1v) is 5.70. The van der Waals surface area contributed by atoms with Gasteiger partial charge in [0.05, 0.1) is 16.1 Å². The quantitative estimate of drug-likeness (QED) is 0.669. The maximum absolute atomic E-state index is 11.7. The van der Waals surface area contributed by atoms with Gasteiger partial charge < -0.3 is 4.98 Å². The number of benzene rings is 1. The highest BCUT2D eigenvalue weighted by Crippen LogP contribution is 2.06. The average molecular weight is 259 g/mol. The second kappa shape index (κ2) is 5.44. The van der Waals surface area contributed by atoms with Crippen LogP contribution in [0.5, 0.6) is 0 Å². The van der Waals surface area contributed by atoms with E-state index in [1.807, 2.05) is 5.16 Å². The van der Waals surface area contributed by atoms with Gasteiger partial charge in [-0.15, -0.1) is 0 Å². The molecular weight excluding hydrogens is 250 g/mol. The largest absolute Gasteiger partial charge is 0.310 e. The summed E-state index contributed by atoms with van der Waals surface area (Å²) in [4.78, 5) is 33.1. The van der Waals surface area contributed by atoms with E-state index in [0.717, 1.165) is 0 Å². The van der Waals surface area contributed by atoms with Crippen molar-refractivity contribution in [1.82, 2.24) is 9.97 Å². The Bertz CT molecular complexity index is 702. The van der Waals surface area contributed by atoms with Crippen LogP contribution in [0, 0.1) is 0 Å². The Morgan fingerprint density at radius 3 is 3.00 bits per heavy atom. The SMILES string of the molecule is O=C(CCc1nc2ccccc2c(=O)[nH]1)N=C=S. The first kappa shape index (κ1) is 12.3. The second-order valence-electron chi connectivity index (χ2n) is 3.63. The molecule has 2 aromatic rings. The number of thiocarbonyl (C=S) groups is 1. The van der Waals surface area contributed by atoms with Gasteiger partial charge in [-0.1, -0.05) is 12.1 Å². The molecule has 1 amide bonds. The summed E-state index contributed by atoms with van der Waals surface area (Å²) in [6.45, 7) is 0. The number of hydrogen-bond donors (Lipinski definition) is 1. The summed E-state index contributed by atoms with van der Waals surface area (Å²) in [5.41, 5.74) is 0.406. The van der Waals surface area contributed by atoms with Crippen molar-refractivity contribution in [3.63, 3.8) is 0 Å². The van der Waals surface area contributed by atoms with Crippen molar-refractivity contribution >= 4 is 34.2 Å². The molecule has 1 aromatic carbocycles. The number of para-hydroxylation sites is 1. The Balaban J connectivity index is 2.27. The predicted molar refractivity (Wildman–Crippen MR) is 70.7 cm³/mol. The monoisotopic (exact) mass is 259 g/mol. The topological polar surface area (TPSA) is 75.2 Å². The number of aromatic amines is 1. The van der Waals surface area contributed by atoms with Crippen molar-refractivity contribution in [3.8, 4) is 0 Å². The molecule has 0 fully saturated rings. The Hall–Kier alpha value is -2.17. The van der Waals surface area contributed by atoms with Crippen LogP contribution in [0.25, 0.3) is 10.9 Å². The third-order valence-corrected chi connectivity index (χ3v) is 2.50. The maximum Gasteiger partial charge on any atom is 0.258 e. The number of nitrogens with one attached hydrogen (secondary N) is 1. The van der Waals surface area contributed by atoms with Gasteiger partial charge in [-0.05, 0) is 24.4 Å². The number of H-pyrrole nitrogens is 1. The van der Waals surface area contributed by atoms with Crippen LogP contribution in [0.15, 0.2) is 34.1 Å². The number of nitrogens with zero attached hydrogens (tertiary/aromatic N) is 2. The Kier molecular flexibility index (Phi) is 3.72. The molecule has 0 aliphatic carbocycles. The lowest BCUT2D eigenvalue weighted by atomic mass is 10.2. The minimum Gasteiger partial charge on any atom is -0.310 e. The van der Waals surface area contributed by atoms with Gasteiger partial charge in [0.15, 0.2) is 0 Å². The molecule has 0 unspecified atom stereocenters. The van der Waals surface area contributed by atoms with Gasteiger partial charge in [0.25, 0.3) is 11.5 Å². The van der Waals surface area contributed by atoms with Gasteiger partial charge in [0, 0.05) is 12.8 Å². The van der Waals surface area contributed by atoms with Gasteiger partial charge in [-0.2, -0.15) is 4.99 Å². The summed E-state index contributed by atoms with van der Waals surface area (Å²) in [6.07, 6.45) is 0.463. The number of amides is 1. The van der Waals surface area contributed by atoms with E-state index in [2.05, 4.69) is 27.2 Å². The van der Waals surface area contributed by atoms with Crippen LogP contribution in [0.4, 0.5) is 0 Å². The third-order valence-electron chi connectivity index (χ3n) is 2.41. The minimum atomic E-state index is -0.374. The first-order valence-electron chi connectivity index (χ1n) is 5.29. The fourth-order valence-electron chi connectivity index (χ4n) is 1.59. The first-order chi connectivity index (χ1) is 8.70. The number of carbonyl (C=O) groups excluding carboxylic acids is 1. The van der Waals surface area contributed by atoms with Crippen molar-refractivity contribution in [2.24, 2.45) is 4.99 Å². The minimum absolute atomic E-state index is 0.144. The van der Waals surface area contributed by atoms with Crippen LogP contribution in [-0.2, 0) is 11.2 Å². The number of fused-ring (bicyclic) bond motifs is 1. The molecule has 0 aliphatic rings. The molecule has 0 saturated carbocycles. The van der Waals surface area contributed by atoms with Gasteiger partial charge in [-0.25, -0.2) is 4.98 Å². The van der Waals surface area contributed by atoms with E-state index in [9.17, 15) is 9.59 Å². The fraction of sp³-hybridized carbons (Fsp3) is 0.167. The van der Waals surface area contributed by atoms with Crippen molar-refractivity contribution in [3.05, 3.63) is 40.4 Å². The molecule has 0 bridgehead atoms. The Morgan fingerprint density at radius 2 is 2.22 bits per heavy atom. The van der Waals surface area contributed by atoms with Gasteiger partial charge in [0.1, 0.15) is 5.82 Å².